The lowest BCUT2D eigenvalue weighted by molar-refractivity contribution is 1.10. The molecular weight excluding hydrogens is 721 g/mol. The highest BCUT2D eigenvalue weighted by atomic mass is 32.2. The predicted octanol–water partition coefficient (Wildman–Crippen LogP) is 15.1. The first-order chi connectivity index (χ1) is 24.7. The maximum Gasteiger partial charge on any atom is 0.0358 e. The van der Waals surface area contributed by atoms with Gasteiger partial charge in [-0.05, 0) is 96.4 Å². The van der Waals surface area contributed by atoms with Crippen LogP contribution in [0, 0.1) is 0 Å². The molecular formula is C44H34S6. The van der Waals surface area contributed by atoms with Crippen molar-refractivity contribution in [1.82, 2.24) is 0 Å². The summed E-state index contributed by atoms with van der Waals surface area (Å²) in [5, 5.41) is 0. The Morgan fingerprint density at radius 2 is 0.500 bits per heavy atom. The molecule has 0 radical (unpaired) electrons. The average Bonchev–Trinajstić information content (AvgIpc) is 3.18. The summed E-state index contributed by atoms with van der Waals surface area (Å²) in [6.45, 7) is 0. The number of thioether (sulfide) groups is 2. The Morgan fingerprint density at radius 1 is 0.260 bits per heavy atom. The Hall–Kier alpha value is -3.36. The number of benzene rings is 7. The molecule has 0 aliphatic carbocycles. The van der Waals surface area contributed by atoms with E-state index in [9.17, 15) is 0 Å². The minimum absolute atomic E-state index is 1.22. The number of hydrogen-bond donors (Lipinski definition) is 0. The average molecular weight is 755 g/mol. The van der Waals surface area contributed by atoms with Crippen molar-refractivity contribution in [3.8, 4) is 22.3 Å². The standard InChI is InChI=1S/C44H34S6/c1-45-33-27-23-31(24-28-33)39-41(47-35-15-7-3-8-16-35)43(49-37-19-11-5-12-20-37)40(32-25-29-34(46-2)30-26-32)44(50-38-21-13-6-14-22-38)42(39)48-36-17-9-4-10-18-36/h3-30H,1-2H3. The van der Waals surface area contributed by atoms with Crippen molar-refractivity contribution in [2.24, 2.45) is 0 Å². The fraction of sp³-hybridized carbons (Fsp3) is 0.0455. The molecule has 246 valence electrons. The van der Waals surface area contributed by atoms with Crippen LogP contribution in [0.3, 0.4) is 0 Å². The normalized spacial score (nSPS) is 11.1. The second-order valence-corrected chi connectivity index (χ2v) is 17.3. The van der Waals surface area contributed by atoms with Gasteiger partial charge in [0.1, 0.15) is 0 Å². The van der Waals surface area contributed by atoms with Gasteiger partial charge >= 0.3 is 0 Å². The van der Waals surface area contributed by atoms with Crippen LogP contribution < -0.4 is 0 Å². The van der Waals surface area contributed by atoms with E-state index in [1.807, 2.05) is 47.0 Å². The summed E-state index contributed by atoms with van der Waals surface area (Å²) in [6, 6.07) is 61.6. The van der Waals surface area contributed by atoms with E-state index >= 15 is 0 Å². The molecule has 0 heterocycles. The lowest BCUT2D eigenvalue weighted by Crippen LogP contribution is -1.99. The van der Waals surface area contributed by atoms with E-state index in [1.54, 1.807) is 23.5 Å². The molecule has 0 unspecified atom stereocenters. The Labute approximate surface area is 321 Å². The van der Waals surface area contributed by atoms with Gasteiger partial charge in [0.05, 0.1) is 0 Å². The number of hydrogen-bond acceptors (Lipinski definition) is 6. The minimum Gasteiger partial charge on any atom is -0.130 e. The molecule has 0 N–H and O–H groups in total. The second-order valence-electron chi connectivity index (χ2n) is 11.2. The smallest absolute Gasteiger partial charge is 0.0358 e. The van der Waals surface area contributed by atoms with E-state index in [0.717, 1.165) is 0 Å². The first-order valence-corrected chi connectivity index (χ1v) is 21.9. The van der Waals surface area contributed by atoms with Crippen molar-refractivity contribution < 1.29 is 0 Å². The van der Waals surface area contributed by atoms with Gasteiger partial charge in [0.15, 0.2) is 0 Å². The Balaban J connectivity index is 1.63. The van der Waals surface area contributed by atoms with Crippen LogP contribution in [0.2, 0.25) is 0 Å². The first kappa shape index (κ1) is 35.1. The zero-order chi connectivity index (χ0) is 34.1. The maximum atomic E-state index is 2.31. The van der Waals surface area contributed by atoms with Crippen LogP contribution >= 0.6 is 70.6 Å². The molecule has 7 rings (SSSR count). The van der Waals surface area contributed by atoms with Crippen molar-refractivity contribution in [3.05, 3.63) is 170 Å². The molecule has 0 amide bonds. The third-order valence-electron chi connectivity index (χ3n) is 7.93. The molecule has 0 atom stereocenters. The van der Waals surface area contributed by atoms with Crippen molar-refractivity contribution in [2.75, 3.05) is 12.5 Å². The van der Waals surface area contributed by atoms with Gasteiger partial charge in [0.2, 0.25) is 0 Å². The monoisotopic (exact) mass is 754 g/mol. The summed E-state index contributed by atoms with van der Waals surface area (Å²) < 4.78 is 0. The minimum atomic E-state index is 1.22. The summed E-state index contributed by atoms with van der Waals surface area (Å²) >= 11 is 11.0. The molecule has 0 saturated heterocycles. The highest BCUT2D eigenvalue weighted by Gasteiger charge is 2.29. The summed E-state index contributed by atoms with van der Waals surface area (Å²) in [5.74, 6) is 0. The van der Waals surface area contributed by atoms with E-state index < -0.39 is 0 Å². The molecule has 0 saturated carbocycles. The molecule has 0 aliphatic heterocycles. The fourth-order valence-electron chi connectivity index (χ4n) is 5.52. The highest BCUT2D eigenvalue weighted by molar-refractivity contribution is 8.04. The van der Waals surface area contributed by atoms with Gasteiger partial charge in [0, 0.05) is 60.1 Å². The summed E-state index contributed by atoms with van der Waals surface area (Å²) in [4.78, 5) is 12.4. The van der Waals surface area contributed by atoms with Gasteiger partial charge in [-0.25, -0.2) is 0 Å². The third kappa shape index (κ3) is 8.39. The van der Waals surface area contributed by atoms with Crippen LogP contribution in [-0.4, -0.2) is 12.5 Å². The number of rotatable bonds is 12. The maximum absolute atomic E-state index is 2.31. The largest absolute Gasteiger partial charge is 0.130 e. The summed E-state index contributed by atoms with van der Waals surface area (Å²) in [6.07, 6.45) is 4.28. The quantitative estimate of drug-likeness (QED) is 0.113. The lowest BCUT2D eigenvalue weighted by Gasteiger charge is -2.26. The predicted molar refractivity (Wildman–Crippen MR) is 223 cm³/mol. The molecule has 0 nitrogen and oxygen atoms in total. The van der Waals surface area contributed by atoms with Crippen molar-refractivity contribution >= 4 is 70.6 Å². The molecule has 0 aromatic heterocycles. The third-order valence-corrected chi connectivity index (χ3v) is 14.2. The van der Waals surface area contributed by atoms with Gasteiger partial charge in [-0.3, -0.25) is 0 Å². The van der Waals surface area contributed by atoms with Crippen LogP contribution in [0.1, 0.15) is 0 Å². The van der Waals surface area contributed by atoms with E-state index in [1.165, 1.54) is 71.2 Å². The molecule has 0 bridgehead atoms. The zero-order valence-corrected chi connectivity index (χ0v) is 32.5. The second kappa shape index (κ2) is 17.2. The van der Waals surface area contributed by atoms with Gasteiger partial charge in [0.25, 0.3) is 0 Å². The van der Waals surface area contributed by atoms with Gasteiger partial charge in [-0.1, -0.05) is 144 Å². The highest BCUT2D eigenvalue weighted by Crippen LogP contribution is 2.58. The van der Waals surface area contributed by atoms with Gasteiger partial charge < -0.3 is 0 Å². The fourth-order valence-corrected chi connectivity index (χ4v) is 11.1. The van der Waals surface area contributed by atoms with Crippen molar-refractivity contribution in [2.45, 2.75) is 49.0 Å². The molecule has 6 heteroatoms. The Kier molecular flexibility index (Phi) is 12.1. The molecule has 0 aliphatic rings. The SMILES string of the molecule is CSc1ccc(-c2c(Sc3ccccc3)c(Sc3ccccc3)c(-c3ccc(SC)cc3)c(Sc3ccccc3)c2Sc2ccccc2)cc1. The van der Waals surface area contributed by atoms with Crippen LogP contribution in [0.4, 0.5) is 0 Å². The van der Waals surface area contributed by atoms with Crippen LogP contribution in [0.15, 0.2) is 219 Å². The van der Waals surface area contributed by atoms with E-state index in [-0.39, 0.29) is 0 Å². The zero-order valence-electron chi connectivity index (χ0n) is 27.6. The Morgan fingerprint density at radius 3 is 0.720 bits per heavy atom. The van der Waals surface area contributed by atoms with Crippen LogP contribution in [-0.2, 0) is 0 Å². The molecule has 0 spiro atoms. The topological polar surface area (TPSA) is 0 Å². The molecule has 7 aromatic carbocycles. The van der Waals surface area contributed by atoms with Crippen LogP contribution in [0.25, 0.3) is 22.3 Å². The molecule has 50 heavy (non-hydrogen) atoms. The van der Waals surface area contributed by atoms with E-state index in [0.29, 0.717) is 0 Å². The Bertz CT molecular complexity index is 1870. The summed E-state index contributed by atoms with van der Waals surface area (Å²) in [5.41, 5.74) is 4.96. The summed E-state index contributed by atoms with van der Waals surface area (Å²) in [7, 11) is 0. The molecule has 7 aromatic rings. The lowest BCUT2D eigenvalue weighted by atomic mass is 9.99. The first-order valence-electron chi connectivity index (χ1n) is 16.1. The van der Waals surface area contributed by atoms with E-state index in [4.69, 9.17) is 0 Å². The van der Waals surface area contributed by atoms with Crippen molar-refractivity contribution in [1.29, 1.82) is 0 Å². The van der Waals surface area contributed by atoms with Gasteiger partial charge in [-0.15, -0.1) is 23.5 Å². The van der Waals surface area contributed by atoms with Crippen LogP contribution in [0.5, 0.6) is 0 Å². The molecule has 0 fully saturated rings. The van der Waals surface area contributed by atoms with Gasteiger partial charge in [-0.2, -0.15) is 0 Å². The van der Waals surface area contributed by atoms with E-state index in [2.05, 4.69) is 182 Å². The van der Waals surface area contributed by atoms with Crippen molar-refractivity contribution in [3.63, 3.8) is 0 Å².